The molecule has 0 N–H and O–H groups in total. The molecule has 0 spiro atoms. The number of fused-ring (bicyclic) bond motifs is 3. The summed E-state index contributed by atoms with van der Waals surface area (Å²) in [5, 5.41) is 5.79. The third-order valence-electron chi connectivity index (χ3n) is 10.2. The summed E-state index contributed by atoms with van der Waals surface area (Å²) in [6, 6.07) is 63.9. The van der Waals surface area contributed by atoms with Crippen molar-refractivity contribution in [1.82, 2.24) is 9.97 Å². The van der Waals surface area contributed by atoms with Crippen molar-refractivity contribution in [3.8, 4) is 44.6 Å². The van der Waals surface area contributed by atoms with Gasteiger partial charge < -0.3 is 4.42 Å². The van der Waals surface area contributed by atoms with E-state index < -0.39 is 0 Å². The van der Waals surface area contributed by atoms with E-state index in [0.29, 0.717) is 0 Å². The van der Waals surface area contributed by atoms with E-state index in [0.717, 1.165) is 61.7 Å². The number of rotatable bonds is 7. The molecular weight excluding hydrogens is 659 g/mol. The van der Waals surface area contributed by atoms with Crippen molar-refractivity contribution in [2.24, 2.45) is 0 Å². The Morgan fingerprint density at radius 1 is 0.407 bits per heavy atom. The topological polar surface area (TPSA) is 42.2 Å². The highest BCUT2D eigenvalue weighted by atomic mass is 16.4. The molecule has 3 heterocycles. The van der Waals surface area contributed by atoms with Crippen molar-refractivity contribution in [3.05, 3.63) is 201 Å². The molecule has 4 heteroatoms. The molecular formula is C50H33N3O. The Morgan fingerprint density at radius 3 is 1.74 bits per heavy atom. The van der Waals surface area contributed by atoms with Crippen LogP contribution < -0.4 is 4.90 Å². The molecule has 3 aromatic heterocycles. The third-order valence-corrected chi connectivity index (χ3v) is 10.2. The Hall–Kier alpha value is -7.30. The fourth-order valence-corrected chi connectivity index (χ4v) is 7.68. The van der Waals surface area contributed by atoms with Crippen LogP contribution in [0.15, 0.2) is 205 Å². The molecule has 10 rings (SSSR count). The van der Waals surface area contributed by atoms with Gasteiger partial charge in [-0.1, -0.05) is 121 Å². The van der Waals surface area contributed by atoms with E-state index in [1.165, 1.54) is 32.7 Å². The van der Waals surface area contributed by atoms with Gasteiger partial charge in [0, 0.05) is 52.5 Å². The SMILES string of the molecule is c1ccc(-c2ccc(-c3c4ccccc4c(-c4ccc(N(c5ccccc5)c5cc6ccccc6o5)cc4)c4cc(-c5ccncc5)ccc34)cn2)cc1. The van der Waals surface area contributed by atoms with E-state index in [9.17, 15) is 0 Å². The molecule has 0 amide bonds. The summed E-state index contributed by atoms with van der Waals surface area (Å²) in [5.74, 6) is 0.768. The largest absolute Gasteiger partial charge is 0.440 e. The summed E-state index contributed by atoms with van der Waals surface area (Å²) in [5.41, 5.74) is 11.8. The second-order valence-electron chi connectivity index (χ2n) is 13.4. The van der Waals surface area contributed by atoms with Gasteiger partial charge in [-0.25, -0.2) is 0 Å². The number of pyridine rings is 2. The first kappa shape index (κ1) is 31.4. The van der Waals surface area contributed by atoms with Crippen molar-refractivity contribution in [1.29, 1.82) is 0 Å². The van der Waals surface area contributed by atoms with E-state index >= 15 is 0 Å². The number of anilines is 3. The molecule has 7 aromatic carbocycles. The highest BCUT2D eigenvalue weighted by Gasteiger charge is 2.20. The molecule has 0 bridgehead atoms. The molecule has 254 valence electrons. The van der Waals surface area contributed by atoms with Crippen LogP contribution in [-0.4, -0.2) is 9.97 Å². The summed E-state index contributed by atoms with van der Waals surface area (Å²) in [7, 11) is 0. The minimum Gasteiger partial charge on any atom is -0.440 e. The number of nitrogens with zero attached hydrogens (tertiary/aromatic N) is 3. The van der Waals surface area contributed by atoms with E-state index in [2.05, 4.69) is 162 Å². The predicted octanol–water partition coefficient (Wildman–Crippen LogP) is 13.7. The van der Waals surface area contributed by atoms with Crippen molar-refractivity contribution < 1.29 is 4.42 Å². The highest BCUT2D eigenvalue weighted by Crippen LogP contribution is 2.46. The van der Waals surface area contributed by atoms with Crippen LogP contribution in [0, 0.1) is 0 Å². The van der Waals surface area contributed by atoms with Crippen LogP contribution in [0.2, 0.25) is 0 Å². The van der Waals surface area contributed by atoms with Gasteiger partial charge in [-0.05, 0) is 104 Å². The van der Waals surface area contributed by atoms with Gasteiger partial charge in [0.25, 0.3) is 0 Å². The Kier molecular flexibility index (Phi) is 7.77. The zero-order valence-corrected chi connectivity index (χ0v) is 29.3. The maximum Gasteiger partial charge on any atom is 0.205 e. The van der Waals surface area contributed by atoms with Gasteiger partial charge in [0.05, 0.1) is 5.69 Å². The van der Waals surface area contributed by atoms with Crippen molar-refractivity contribution in [2.45, 2.75) is 0 Å². The van der Waals surface area contributed by atoms with Gasteiger partial charge in [-0.2, -0.15) is 0 Å². The average Bonchev–Trinajstić information content (AvgIpc) is 3.68. The lowest BCUT2D eigenvalue weighted by molar-refractivity contribution is 0.621. The monoisotopic (exact) mass is 691 g/mol. The van der Waals surface area contributed by atoms with Gasteiger partial charge in [0.1, 0.15) is 5.58 Å². The molecule has 0 fully saturated rings. The Bertz CT molecular complexity index is 2870. The molecule has 10 aromatic rings. The molecule has 0 atom stereocenters. The summed E-state index contributed by atoms with van der Waals surface area (Å²) >= 11 is 0. The van der Waals surface area contributed by atoms with Gasteiger partial charge in [0.15, 0.2) is 0 Å². The first-order valence-corrected chi connectivity index (χ1v) is 18.1. The molecule has 0 unspecified atom stereocenters. The molecule has 0 saturated heterocycles. The fraction of sp³-hybridized carbons (Fsp3) is 0. The number of hydrogen-bond donors (Lipinski definition) is 0. The second kappa shape index (κ2) is 13.4. The lowest BCUT2D eigenvalue weighted by Gasteiger charge is -2.23. The van der Waals surface area contributed by atoms with Crippen molar-refractivity contribution in [3.63, 3.8) is 0 Å². The van der Waals surface area contributed by atoms with Crippen LogP contribution in [0.1, 0.15) is 0 Å². The summed E-state index contributed by atoms with van der Waals surface area (Å²) in [6.07, 6.45) is 5.72. The van der Waals surface area contributed by atoms with Gasteiger partial charge in [0.2, 0.25) is 5.88 Å². The second-order valence-corrected chi connectivity index (χ2v) is 13.4. The van der Waals surface area contributed by atoms with Crippen LogP contribution in [0.25, 0.3) is 77.2 Å². The van der Waals surface area contributed by atoms with Gasteiger partial charge in [-0.15, -0.1) is 0 Å². The molecule has 54 heavy (non-hydrogen) atoms. The first-order valence-electron chi connectivity index (χ1n) is 18.1. The van der Waals surface area contributed by atoms with Crippen LogP contribution in [0.4, 0.5) is 17.3 Å². The maximum atomic E-state index is 6.43. The minimum absolute atomic E-state index is 0.768. The number of aromatic nitrogens is 2. The van der Waals surface area contributed by atoms with E-state index in [-0.39, 0.29) is 0 Å². The summed E-state index contributed by atoms with van der Waals surface area (Å²) < 4.78 is 6.43. The molecule has 0 aliphatic heterocycles. The Balaban J connectivity index is 1.17. The maximum absolute atomic E-state index is 6.43. The lowest BCUT2D eigenvalue weighted by Crippen LogP contribution is -2.08. The van der Waals surface area contributed by atoms with Crippen LogP contribution >= 0.6 is 0 Å². The summed E-state index contributed by atoms with van der Waals surface area (Å²) in [6.45, 7) is 0. The Morgan fingerprint density at radius 2 is 1.02 bits per heavy atom. The van der Waals surface area contributed by atoms with Gasteiger partial charge >= 0.3 is 0 Å². The highest BCUT2D eigenvalue weighted by molar-refractivity contribution is 6.22. The molecule has 0 aliphatic carbocycles. The molecule has 0 aliphatic rings. The lowest BCUT2D eigenvalue weighted by atomic mass is 9.85. The zero-order valence-electron chi connectivity index (χ0n) is 29.3. The summed E-state index contributed by atoms with van der Waals surface area (Å²) in [4.78, 5) is 11.4. The number of para-hydroxylation sites is 2. The van der Waals surface area contributed by atoms with Crippen LogP contribution in [0.5, 0.6) is 0 Å². The van der Waals surface area contributed by atoms with Gasteiger partial charge in [-0.3, -0.25) is 14.9 Å². The zero-order chi connectivity index (χ0) is 35.8. The van der Waals surface area contributed by atoms with Crippen LogP contribution in [-0.2, 0) is 0 Å². The standard InChI is InChI=1S/C50H33N3O/c1-3-11-35(12-4-1)46-26-22-39(33-52-46)50-43-17-9-8-16-42(43)49(45-31-37(21-25-44(45)50)34-27-29-51-30-28-34)36-19-23-41(24-20-36)53(40-14-5-2-6-15-40)48-32-38-13-7-10-18-47(38)54-48/h1-33H. The van der Waals surface area contributed by atoms with E-state index in [4.69, 9.17) is 9.40 Å². The van der Waals surface area contributed by atoms with Crippen molar-refractivity contribution >= 4 is 49.8 Å². The molecule has 0 radical (unpaired) electrons. The first-order chi connectivity index (χ1) is 26.8. The fourth-order valence-electron chi connectivity index (χ4n) is 7.68. The van der Waals surface area contributed by atoms with E-state index in [1.54, 1.807) is 0 Å². The normalized spacial score (nSPS) is 11.3. The quantitative estimate of drug-likeness (QED) is 0.156. The number of benzene rings is 7. The third kappa shape index (κ3) is 5.58. The Labute approximate surface area is 313 Å². The van der Waals surface area contributed by atoms with Crippen LogP contribution in [0.3, 0.4) is 0 Å². The molecule has 0 saturated carbocycles. The number of hydrogen-bond acceptors (Lipinski definition) is 4. The smallest absolute Gasteiger partial charge is 0.205 e. The minimum atomic E-state index is 0.768. The van der Waals surface area contributed by atoms with Crippen molar-refractivity contribution in [2.75, 3.05) is 4.90 Å². The van der Waals surface area contributed by atoms with E-state index in [1.807, 2.05) is 48.9 Å². The predicted molar refractivity (Wildman–Crippen MR) is 223 cm³/mol. The average molecular weight is 692 g/mol. The number of furan rings is 1. The molecule has 4 nitrogen and oxygen atoms in total.